The van der Waals surface area contributed by atoms with Gasteiger partial charge in [0, 0.05) is 11.8 Å². The summed E-state index contributed by atoms with van der Waals surface area (Å²) in [6, 6.07) is 29.8. The first kappa shape index (κ1) is 20.1. The number of amides is 1. The number of hydrogen-bond acceptors (Lipinski definition) is 4. The van der Waals surface area contributed by atoms with Crippen LogP contribution >= 0.6 is 11.3 Å². The first-order chi connectivity index (χ1) is 15.7. The van der Waals surface area contributed by atoms with Gasteiger partial charge >= 0.3 is 0 Å². The highest BCUT2D eigenvalue weighted by atomic mass is 32.1. The zero-order valence-corrected chi connectivity index (χ0v) is 18.4. The Bertz CT molecular complexity index is 1360. The van der Waals surface area contributed by atoms with E-state index in [1.807, 2.05) is 72.8 Å². The third-order valence-electron chi connectivity index (χ3n) is 5.29. The maximum absolute atomic E-state index is 13.6. The van der Waals surface area contributed by atoms with Gasteiger partial charge in [-0.3, -0.25) is 14.7 Å². The normalized spacial score (nSPS) is 10.9. The largest absolute Gasteiger partial charge is 0.278 e. The molecular weight excluding hydrogens is 414 g/mol. The minimum absolute atomic E-state index is 0.0916. The number of thiazole rings is 1. The molecule has 5 rings (SSSR count). The minimum atomic E-state index is -0.0916. The van der Waals surface area contributed by atoms with Gasteiger partial charge in [-0.25, -0.2) is 4.98 Å². The molecule has 32 heavy (non-hydrogen) atoms. The molecule has 3 aromatic carbocycles. The Labute approximate surface area is 190 Å². The molecule has 0 fully saturated rings. The SMILES string of the molecule is Cc1ccc2nc(N(Cc3ccccn3)C(=O)c3ccc(-c4ccccc4)cc3)sc2c1. The molecule has 0 aliphatic heterocycles. The Kier molecular flexibility index (Phi) is 5.48. The van der Waals surface area contributed by atoms with Crippen LogP contribution in [0, 0.1) is 6.92 Å². The van der Waals surface area contributed by atoms with Gasteiger partial charge in [0.1, 0.15) is 0 Å². The van der Waals surface area contributed by atoms with E-state index in [2.05, 4.69) is 30.1 Å². The van der Waals surface area contributed by atoms with E-state index < -0.39 is 0 Å². The molecule has 0 N–H and O–H groups in total. The molecule has 0 unspecified atom stereocenters. The van der Waals surface area contributed by atoms with Crippen molar-refractivity contribution in [2.45, 2.75) is 13.5 Å². The van der Waals surface area contributed by atoms with Crippen LogP contribution < -0.4 is 4.90 Å². The van der Waals surface area contributed by atoms with Gasteiger partial charge in [-0.15, -0.1) is 0 Å². The Balaban J connectivity index is 1.51. The fourth-order valence-electron chi connectivity index (χ4n) is 3.61. The average Bonchev–Trinajstić information content (AvgIpc) is 3.26. The third kappa shape index (κ3) is 4.15. The van der Waals surface area contributed by atoms with E-state index >= 15 is 0 Å². The summed E-state index contributed by atoms with van der Waals surface area (Å²) >= 11 is 1.53. The van der Waals surface area contributed by atoms with Gasteiger partial charge in [0.2, 0.25) is 0 Å². The number of pyridine rings is 1. The van der Waals surface area contributed by atoms with Crippen LogP contribution in [-0.4, -0.2) is 15.9 Å². The number of aromatic nitrogens is 2. The summed E-state index contributed by atoms with van der Waals surface area (Å²) in [5.41, 5.74) is 5.71. The molecule has 2 heterocycles. The van der Waals surface area contributed by atoms with Crippen molar-refractivity contribution < 1.29 is 4.79 Å². The molecule has 0 aliphatic rings. The summed E-state index contributed by atoms with van der Waals surface area (Å²) in [5, 5.41) is 0.674. The fraction of sp³-hybridized carbons (Fsp3) is 0.0741. The molecule has 0 saturated heterocycles. The van der Waals surface area contributed by atoms with Crippen molar-refractivity contribution in [1.82, 2.24) is 9.97 Å². The number of rotatable bonds is 5. The van der Waals surface area contributed by atoms with Crippen molar-refractivity contribution in [2.75, 3.05) is 4.90 Å². The predicted octanol–water partition coefficient (Wildman–Crippen LogP) is 6.51. The first-order valence-electron chi connectivity index (χ1n) is 10.4. The van der Waals surface area contributed by atoms with Crippen LogP contribution in [-0.2, 0) is 6.54 Å². The highest BCUT2D eigenvalue weighted by Gasteiger charge is 2.22. The highest BCUT2D eigenvalue weighted by molar-refractivity contribution is 7.22. The van der Waals surface area contributed by atoms with E-state index in [0.29, 0.717) is 17.2 Å². The van der Waals surface area contributed by atoms with Crippen molar-refractivity contribution in [3.63, 3.8) is 0 Å². The summed E-state index contributed by atoms with van der Waals surface area (Å²) in [4.78, 5) is 24.5. The number of fused-ring (bicyclic) bond motifs is 1. The van der Waals surface area contributed by atoms with E-state index in [1.54, 1.807) is 11.1 Å². The summed E-state index contributed by atoms with van der Waals surface area (Å²) in [6.45, 7) is 2.42. The van der Waals surface area contributed by atoms with Crippen molar-refractivity contribution >= 4 is 32.6 Å². The lowest BCUT2D eigenvalue weighted by molar-refractivity contribution is 0.0985. The van der Waals surface area contributed by atoms with Gasteiger partial charge in [0.15, 0.2) is 5.13 Å². The van der Waals surface area contributed by atoms with Gasteiger partial charge in [-0.2, -0.15) is 0 Å². The molecular formula is C27H21N3OS. The first-order valence-corrected chi connectivity index (χ1v) is 11.2. The van der Waals surface area contributed by atoms with E-state index in [-0.39, 0.29) is 5.91 Å². The molecule has 0 spiro atoms. The standard InChI is InChI=1S/C27H21N3OS/c1-19-10-15-24-25(17-19)32-27(29-24)30(18-23-9-5-6-16-28-23)26(31)22-13-11-21(12-14-22)20-7-3-2-4-8-20/h2-17H,18H2,1H3. The number of anilines is 1. The van der Waals surface area contributed by atoms with Gasteiger partial charge in [-0.05, 0) is 60.0 Å². The second-order valence-electron chi connectivity index (χ2n) is 7.62. The number of nitrogens with zero attached hydrogens (tertiary/aromatic N) is 3. The Morgan fingerprint density at radius 3 is 2.38 bits per heavy atom. The minimum Gasteiger partial charge on any atom is -0.278 e. The molecule has 156 valence electrons. The predicted molar refractivity (Wildman–Crippen MR) is 131 cm³/mol. The summed E-state index contributed by atoms with van der Waals surface area (Å²) in [7, 11) is 0. The third-order valence-corrected chi connectivity index (χ3v) is 6.34. The molecule has 5 heteroatoms. The van der Waals surface area contributed by atoms with Crippen LogP contribution in [0.2, 0.25) is 0 Å². The topological polar surface area (TPSA) is 46.1 Å². The van der Waals surface area contributed by atoms with Gasteiger partial charge in [0.05, 0.1) is 22.5 Å². The maximum atomic E-state index is 13.6. The van der Waals surface area contributed by atoms with E-state index in [1.165, 1.54) is 16.9 Å². The van der Waals surface area contributed by atoms with Crippen molar-refractivity contribution in [2.24, 2.45) is 0 Å². The van der Waals surface area contributed by atoms with E-state index in [9.17, 15) is 4.79 Å². The van der Waals surface area contributed by atoms with E-state index in [4.69, 9.17) is 4.98 Å². The van der Waals surface area contributed by atoms with Crippen LogP contribution in [0.3, 0.4) is 0 Å². The molecule has 4 nitrogen and oxygen atoms in total. The summed E-state index contributed by atoms with van der Waals surface area (Å²) in [5.74, 6) is -0.0916. The Morgan fingerprint density at radius 1 is 0.875 bits per heavy atom. The maximum Gasteiger partial charge on any atom is 0.260 e. The molecule has 0 radical (unpaired) electrons. The molecule has 0 atom stereocenters. The lowest BCUT2D eigenvalue weighted by Gasteiger charge is -2.20. The molecule has 0 aliphatic carbocycles. The fourth-order valence-corrected chi connectivity index (χ4v) is 4.67. The molecule has 5 aromatic rings. The van der Waals surface area contributed by atoms with Crippen LogP contribution in [0.25, 0.3) is 21.3 Å². The lowest BCUT2D eigenvalue weighted by Crippen LogP contribution is -2.30. The Morgan fingerprint density at radius 2 is 1.62 bits per heavy atom. The second kappa shape index (κ2) is 8.73. The summed E-state index contributed by atoms with van der Waals surface area (Å²) < 4.78 is 1.07. The van der Waals surface area contributed by atoms with Crippen LogP contribution in [0.1, 0.15) is 21.6 Å². The monoisotopic (exact) mass is 435 g/mol. The molecule has 2 aromatic heterocycles. The average molecular weight is 436 g/mol. The molecule has 1 amide bonds. The molecule has 0 bridgehead atoms. The van der Waals surface area contributed by atoms with E-state index in [0.717, 1.165) is 27.0 Å². The van der Waals surface area contributed by atoms with Gasteiger partial charge in [0.25, 0.3) is 5.91 Å². The number of aryl methyl sites for hydroxylation is 1. The molecule has 0 saturated carbocycles. The highest BCUT2D eigenvalue weighted by Crippen LogP contribution is 2.31. The summed E-state index contributed by atoms with van der Waals surface area (Å²) in [6.07, 6.45) is 1.74. The zero-order chi connectivity index (χ0) is 21.9. The smallest absolute Gasteiger partial charge is 0.260 e. The zero-order valence-electron chi connectivity index (χ0n) is 17.6. The number of carbonyl (C=O) groups is 1. The van der Waals surface area contributed by atoms with Gasteiger partial charge < -0.3 is 0 Å². The van der Waals surface area contributed by atoms with Crippen LogP contribution in [0.5, 0.6) is 0 Å². The van der Waals surface area contributed by atoms with Crippen molar-refractivity contribution in [3.8, 4) is 11.1 Å². The number of hydrogen-bond donors (Lipinski definition) is 0. The number of benzene rings is 3. The van der Waals surface area contributed by atoms with Crippen LogP contribution in [0.15, 0.2) is 97.2 Å². The van der Waals surface area contributed by atoms with Crippen molar-refractivity contribution in [3.05, 3.63) is 114 Å². The van der Waals surface area contributed by atoms with Crippen LogP contribution in [0.4, 0.5) is 5.13 Å². The van der Waals surface area contributed by atoms with Gasteiger partial charge in [-0.1, -0.05) is 65.9 Å². The number of carbonyl (C=O) groups excluding carboxylic acids is 1. The quantitative estimate of drug-likeness (QED) is 0.316. The Hall–Kier alpha value is -3.83. The van der Waals surface area contributed by atoms with Crippen molar-refractivity contribution in [1.29, 1.82) is 0 Å². The second-order valence-corrected chi connectivity index (χ2v) is 8.63. The lowest BCUT2D eigenvalue weighted by atomic mass is 10.0.